The molecule has 0 unspecified atom stereocenters. The molecule has 4 rings (SSSR count). The van der Waals surface area contributed by atoms with Gasteiger partial charge >= 0.3 is 0 Å². The van der Waals surface area contributed by atoms with Crippen LogP contribution in [0.4, 0.5) is 0 Å². The van der Waals surface area contributed by atoms with Gasteiger partial charge in [-0.3, -0.25) is 4.98 Å². The largest absolute Gasteiger partial charge is 0.308 e. The van der Waals surface area contributed by atoms with Crippen LogP contribution in [-0.2, 0) is 19.6 Å². The average molecular weight is 398 g/mol. The number of aromatic nitrogens is 3. The second-order valence-corrected chi connectivity index (χ2v) is 7.68. The molecule has 0 aliphatic rings. The molecule has 0 saturated heterocycles. The standard InChI is InChI=1S/C25H27N5/c1-29(2)18-21-12-10-20(11-13-21)15-27-17-23-19-30(24-8-4-3-5-9-24)28-25(23)22-7-6-14-26-16-22/h3-14,16,19,27H,15,17-18H2,1-2H3. The van der Waals surface area contributed by atoms with Crippen molar-refractivity contribution in [1.82, 2.24) is 25.0 Å². The van der Waals surface area contributed by atoms with E-state index in [0.717, 1.165) is 42.1 Å². The maximum Gasteiger partial charge on any atom is 0.0988 e. The SMILES string of the molecule is CN(C)Cc1ccc(CNCc2cn(-c3ccccc3)nc2-c2cccnc2)cc1. The van der Waals surface area contributed by atoms with Crippen molar-refractivity contribution in [3.05, 3.63) is 102 Å². The van der Waals surface area contributed by atoms with Crippen molar-refractivity contribution in [1.29, 1.82) is 0 Å². The summed E-state index contributed by atoms with van der Waals surface area (Å²) in [6, 6.07) is 23.0. The van der Waals surface area contributed by atoms with Gasteiger partial charge in [0.25, 0.3) is 0 Å². The van der Waals surface area contributed by atoms with Gasteiger partial charge in [-0.15, -0.1) is 0 Å². The van der Waals surface area contributed by atoms with Crippen LogP contribution in [0, 0.1) is 0 Å². The van der Waals surface area contributed by atoms with Gasteiger partial charge in [0.05, 0.1) is 11.4 Å². The van der Waals surface area contributed by atoms with Crippen LogP contribution in [0.2, 0.25) is 0 Å². The number of nitrogens with zero attached hydrogens (tertiary/aromatic N) is 4. The Labute approximate surface area is 178 Å². The Kier molecular flexibility index (Phi) is 6.32. The first-order valence-electron chi connectivity index (χ1n) is 10.2. The van der Waals surface area contributed by atoms with E-state index in [1.54, 1.807) is 6.20 Å². The molecule has 0 aliphatic heterocycles. The van der Waals surface area contributed by atoms with Crippen molar-refractivity contribution in [3.63, 3.8) is 0 Å². The van der Waals surface area contributed by atoms with Gasteiger partial charge in [0.15, 0.2) is 0 Å². The number of para-hydroxylation sites is 1. The van der Waals surface area contributed by atoms with Gasteiger partial charge in [0.2, 0.25) is 0 Å². The number of nitrogens with one attached hydrogen (secondary N) is 1. The minimum atomic E-state index is 0.733. The molecule has 4 aromatic rings. The molecule has 2 aromatic heterocycles. The van der Waals surface area contributed by atoms with E-state index in [9.17, 15) is 0 Å². The quantitative estimate of drug-likeness (QED) is 0.482. The van der Waals surface area contributed by atoms with Gasteiger partial charge in [-0.2, -0.15) is 5.10 Å². The predicted molar refractivity (Wildman–Crippen MR) is 121 cm³/mol. The first kappa shape index (κ1) is 20.0. The fraction of sp³-hybridized carbons (Fsp3) is 0.200. The molecule has 0 aliphatic carbocycles. The van der Waals surface area contributed by atoms with E-state index in [4.69, 9.17) is 5.10 Å². The molecular formula is C25H27N5. The van der Waals surface area contributed by atoms with Crippen LogP contribution in [0.1, 0.15) is 16.7 Å². The Morgan fingerprint density at radius 3 is 2.33 bits per heavy atom. The molecule has 0 fully saturated rings. The average Bonchev–Trinajstić information content (AvgIpc) is 3.20. The second kappa shape index (κ2) is 9.48. The highest BCUT2D eigenvalue weighted by Gasteiger charge is 2.12. The summed E-state index contributed by atoms with van der Waals surface area (Å²) in [5.41, 5.74) is 6.78. The minimum Gasteiger partial charge on any atom is -0.308 e. The van der Waals surface area contributed by atoms with E-state index in [2.05, 4.69) is 78.0 Å². The zero-order chi connectivity index (χ0) is 20.8. The third-order valence-electron chi connectivity index (χ3n) is 4.91. The molecule has 2 aromatic carbocycles. The van der Waals surface area contributed by atoms with Crippen LogP contribution in [0.3, 0.4) is 0 Å². The van der Waals surface area contributed by atoms with E-state index in [0.29, 0.717) is 0 Å². The highest BCUT2D eigenvalue weighted by atomic mass is 15.3. The summed E-state index contributed by atoms with van der Waals surface area (Å²) < 4.78 is 1.94. The molecule has 5 heteroatoms. The van der Waals surface area contributed by atoms with Crippen LogP contribution >= 0.6 is 0 Å². The monoisotopic (exact) mass is 397 g/mol. The normalized spacial score (nSPS) is 11.2. The summed E-state index contributed by atoms with van der Waals surface area (Å²) in [6.07, 6.45) is 5.76. The third-order valence-corrected chi connectivity index (χ3v) is 4.91. The van der Waals surface area contributed by atoms with Gasteiger partial charge < -0.3 is 10.2 Å². The zero-order valence-corrected chi connectivity index (χ0v) is 17.5. The molecule has 1 N–H and O–H groups in total. The van der Waals surface area contributed by atoms with Crippen LogP contribution in [-0.4, -0.2) is 33.8 Å². The minimum absolute atomic E-state index is 0.733. The van der Waals surface area contributed by atoms with Gasteiger partial charge in [-0.25, -0.2) is 4.68 Å². The van der Waals surface area contributed by atoms with E-state index in [-0.39, 0.29) is 0 Å². The Morgan fingerprint density at radius 1 is 0.867 bits per heavy atom. The number of hydrogen-bond acceptors (Lipinski definition) is 4. The van der Waals surface area contributed by atoms with Crippen molar-refractivity contribution in [2.24, 2.45) is 0 Å². The highest BCUT2D eigenvalue weighted by Crippen LogP contribution is 2.23. The molecule has 0 spiro atoms. The first-order chi connectivity index (χ1) is 14.7. The summed E-state index contributed by atoms with van der Waals surface area (Å²) >= 11 is 0. The number of benzene rings is 2. The van der Waals surface area contributed by atoms with Crippen LogP contribution < -0.4 is 5.32 Å². The van der Waals surface area contributed by atoms with Gasteiger partial charge in [0.1, 0.15) is 0 Å². The molecule has 0 bridgehead atoms. The lowest BCUT2D eigenvalue weighted by Crippen LogP contribution is -2.13. The zero-order valence-electron chi connectivity index (χ0n) is 17.5. The number of pyridine rings is 1. The fourth-order valence-electron chi connectivity index (χ4n) is 3.47. The van der Waals surface area contributed by atoms with E-state index >= 15 is 0 Å². The first-order valence-corrected chi connectivity index (χ1v) is 10.2. The molecular weight excluding hydrogens is 370 g/mol. The van der Waals surface area contributed by atoms with Gasteiger partial charge in [0, 0.05) is 49.4 Å². The summed E-state index contributed by atoms with van der Waals surface area (Å²) in [7, 11) is 4.18. The maximum atomic E-state index is 4.85. The predicted octanol–water partition coefficient (Wildman–Crippen LogP) is 4.29. The number of hydrogen-bond donors (Lipinski definition) is 1. The van der Waals surface area contributed by atoms with E-state index in [1.165, 1.54) is 11.1 Å². The molecule has 5 nitrogen and oxygen atoms in total. The molecule has 0 saturated carbocycles. The summed E-state index contributed by atoms with van der Waals surface area (Å²) in [5.74, 6) is 0. The van der Waals surface area contributed by atoms with Crippen molar-refractivity contribution in [2.45, 2.75) is 19.6 Å². The summed E-state index contributed by atoms with van der Waals surface area (Å²) in [4.78, 5) is 6.45. The van der Waals surface area contributed by atoms with Crippen LogP contribution in [0.25, 0.3) is 16.9 Å². The van der Waals surface area contributed by atoms with Crippen LogP contribution in [0.15, 0.2) is 85.3 Å². The van der Waals surface area contributed by atoms with Crippen molar-refractivity contribution >= 4 is 0 Å². The molecule has 30 heavy (non-hydrogen) atoms. The topological polar surface area (TPSA) is 46.0 Å². The summed E-state index contributed by atoms with van der Waals surface area (Å²) in [6.45, 7) is 2.50. The van der Waals surface area contributed by atoms with Crippen LogP contribution in [0.5, 0.6) is 0 Å². The Hall–Kier alpha value is -3.28. The number of rotatable bonds is 8. The highest BCUT2D eigenvalue weighted by molar-refractivity contribution is 5.62. The van der Waals surface area contributed by atoms with Crippen molar-refractivity contribution in [2.75, 3.05) is 14.1 Å². The second-order valence-electron chi connectivity index (χ2n) is 7.68. The molecule has 152 valence electrons. The molecule has 2 heterocycles. The summed E-state index contributed by atoms with van der Waals surface area (Å²) in [5, 5.41) is 8.42. The smallest absolute Gasteiger partial charge is 0.0988 e. The lowest BCUT2D eigenvalue weighted by Gasteiger charge is -2.10. The Balaban J connectivity index is 1.49. The molecule has 0 radical (unpaired) electrons. The third kappa shape index (κ3) is 5.00. The Bertz CT molecular complexity index is 1050. The van der Waals surface area contributed by atoms with E-state index in [1.807, 2.05) is 35.1 Å². The Morgan fingerprint density at radius 2 is 1.63 bits per heavy atom. The van der Waals surface area contributed by atoms with Crippen molar-refractivity contribution < 1.29 is 0 Å². The molecule has 0 amide bonds. The fourth-order valence-corrected chi connectivity index (χ4v) is 3.47. The van der Waals surface area contributed by atoms with Crippen molar-refractivity contribution in [3.8, 4) is 16.9 Å². The van der Waals surface area contributed by atoms with E-state index < -0.39 is 0 Å². The molecule has 0 atom stereocenters. The van der Waals surface area contributed by atoms with Gasteiger partial charge in [-0.1, -0.05) is 42.5 Å². The maximum absolute atomic E-state index is 4.85. The lowest BCUT2D eigenvalue weighted by molar-refractivity contribution is 0.402. The lowest BCUT2D eigenvalue weighted by atomic mass is 10.1. The van der Waals surface area contributed by atoms with Gasteiger partial charge in [-0.05, 0) is 49.5 Å².